The van der Waals surface area contributed by atoms with Gasteiger partial charge in [-0.25, -0.2) is 0 Å². The molecule has 0 aromatic carbocycles. The Morgan fingerprint density at radius 2 is 0.982 bits per heavy atom. The average molecular weight is 800 g/mol. The number of allylic oxidation sites excluding steroid dienone is 7. The van der Waals surface area contributed by atoms with Crippen LogP contribution in [0, 0.1) is 0 Å². The van der Waals surface area contributed by atoms with Crippen LogP contribution in [0.5, 0.6) is 0 Å². The molecule has 0 aliphatic heterocycles. The first-order valence-electron chi connectivity index (χ1n) is 24.4. The summed E-state index contributed by atoms with van der Waals surface area (Å²) in [6.07, 6.45) is 53.4. The molecule has 0 rings (SSSR count). The fraction of sp³-hybridized carbons (Fsp3) is 0.804. The number of carbonyl (C=O) groups excluding carboxylic acids is 2. The molecule has 0 heterocycles. The highest BCUT2D eigenvalue weighted by Crippen LogP contribution is 2.16. The topological polar surface area (TPSA) is 95.9 Å². The molecule has 3 unspecified atom stereocenters. The molecule has 1 amide bonds. The van der Waals surface area contributed by atoms with Gasteiger partial charge in [-0.05, 0) is 63.9 Å². The van der Waals surface area contributed by atoms with Crippen LogP contribution < -0.4 is 5.32 Å². The molecule has 3 atom stereocenters. The second kappa shape index (κ2) is 44.9. The smallest absolute Gasteiger partial charge is 0.306 e. The predicted molar refractivity (Wildman–Crippen MR) is 245 cm³/mol. The number of aliphatic hydroxyl groups is 2. The van der Waals surface area contributed by atoms with Crippen molar-refractivity contribution in [3.63, 3.8) is 0 Å². The maximum absolute atomic E-state index is 13.1. The van der Waals surface area contributed by atoms with Gasteiger partial charge in [0.1, 0.15) is 6.10 Å². The van der Waals surface area contributed by atoms with Crippen LogP contribution in [0.15, 0.2) is 48.6 Å². The molecule has 6 nitrogen and oxygen atoms in total. The molecular formula is C51H93NO5. The SMILES string of the molecule is CC/C=C/C/C=C/CCCCCCCCCC(=O)OC(/C=C/C/C=C\CCCCCCCC)CC(=O)NC(CO)C(O)CCCCCCCCCCCCCCC. The maximum atomic E-state index is 13.1. The Morgan fingerprint density at radius 1 is 0.544 bits per heavy atom. The third kappa shape index (κ3) is 40.4. The van der Waals surface area contributed by atoms with Crippen molar-refractivity contribution in [3.05, 3.63) is 48.6 Å². The maximum Gasteiger partial charge on any atom is 0.306 e. The van der Waals surface area contributed by atoms with Gasteiger partial charge in [0.2, 0.25) is 5.91 Å². The largest absolute Gasteiger partial charge is 0.458 e. The van der Waals surface area contributed by atoms with Crippen LogP contribution in [0.2, 0.25) is 0 Å². The standard InChI is InChI=1S/C51H93NO5/c1-4-7-10-13-16-19-22-24-26-29-32-35-38-41-44-51(56)57-47(42-39-36-33-30-27-21-18-15-12-9-6-3)45-50(55)52-48(46-53)49(54)43-40-37-34-31-28-25-23-20-17-14-11-8-5-2/h7,10,16,19,30,33,39,42,47-49,53-54H,4-6,8-9,11-15,17-18,20-29,31-32,34-38,40-41,43-46H2,1-3H3,(H,52,55)/b10-7+,19-16+,33-30-,42-39+. The fourth-order valence-electron chi connectivity index (χ4n) is 7.20. The van der Waals surface area contributed by atoms with Crippen molar-refractivity contribution in [1.29, 1.82) is 0 Å². The Bertz CT molecular complexity index is 988. The normalized spacial score (nSPS) is 13.7. The summed E-state index contributed by atoms with van der Waals surface area (Å²) in [5, 5.41) is 23.6. The monoisotopic (exact) mass is 800 g/mol. The van der Waals surface area contributed by atoms with Gasteiger partial charge in [-0.15, -0.1) is 0 Å². The number of unbranched alkanes of at least 4 members (excludes halogenated alkanes) is 25. The third-order valence-electron chi connectivity index (χ3n) is 10.9. The van der Waals surface area contributed by atoms with Crippen molar-refractivity contribution in [3.8, 4) is 0 Å². The molecule has 57 heavy (non-hydrogen) atoms. The van der Waals surface area contributed by atoms with Gasteiger partial charge < -0.3 is 20.3 Å². The Hall–Kier alpha value is -2.18. The lowest BCUT2D eigenvalue weighted by atomic mass is 10.0. The van der Waals surface area contributed by atoms with E-state index in [4.69, 9.17) is 4.74 Å². The Labute approximate surface area is 353 Å². The number of hydrogen-bond donors (Lipinski definition) is 3. The van der Waals surface area contributed by atoms with E-state index in [1.165, 1.54) is 128 Å². The number of hydrogen-bond acceptors (Lipinski definition) is 5. The molecule has 0 saturated heterocycles. The zero-order chi connectivity index (χ0) is 41.7. The lowest BCUT2D eigenvalue weighted by Crippen LogP contribution is -2.46. The third-order valence-corrected chi connectivity index (χ3v) is 10.9. The molecule has 0 bridgehead atoms. The summed E-state index contributed by atoms with van der Waals surface area (Å²) in [5.74, 6) is -0.610. The second-order valence-corrected chi connectivity index (χ2v) is 16.5. The van der Waals surface area contributed by atoms with E-state index in [2.05, 4.69) is 62.5 Å². The molecule has 0 aromatic heterocycles. The minimum absolute atomic E-state index is 0.0314. The van der Waals surface area contributed by atoms with Crippen LogP contribution in [-0.2, 0) is 14.3 Å². The Kier molecular flexibility index (Phi) is 43.2. The van der Waals surface area contributed by atoms with Crippen molar-refractivity contribution in [1.82, 2.24) is 5.32 Å². The highest BCUT2D eigenvalue weighted by atomic mass is 16.5. The van der Waals surface area contributed by atoms with Crippen LogP contribution in [0.1, 0.15) is 239 Å². The van der Waals surface area contributed by atoms with E-state index in [1.807, 2.05) is 12.2 Å². The predicted octanol–water partition coefficient (Wildman–Crippen LogP) is 14.3. The van der Waals surface area contributed by atoms with Crippen molar-refractivity contribution in [2.24, 2.45) is 0 Å². The van der Waals surface area contributed by atoms with Gasteiger partial charge in [0.15, 0.2) is 0 Å². The van der Waals surface area contributed by atoms with Gasteiger partial charge in [-0.1, -0.05) is 211 Å². The van der Waals surface area contributed by atoms with E-state index < -0.39 is 18.2 Å². The molecule has 3 N–H and O–H groups in total. The van der Waals surface area contributed by atoms with Crippen molar-refractivity contribution < 1.29 is 24.5 Å². The van der Waals surface area contributed by atoms with Crippen LogP contribution in [0.3, 0.4) is 0 Å². The number of ether oxygens (including phenoxy) is 1. The Balaban J connectivity index is 4.63. The summed E-state index contributed by atoms with van der Waals surface area (Å²) in [5.41, 5.74) is 0. The number of rotatable bonds is 43. The first kappa shape index (κ1) is 54.8. The zero-order valence-electron chi connectivity index (χ0n) is 37.7. The van der Waals surface area contributed by atoms with E-state index in [-0.39, 0.29) is 24.9 Å². The molecule has 0 aromatic rings. The number of esters is 1. The molecule has 0 aliphatic rings. The van der Waals surface area contributed by atoms with E-state index in [0.717, 1.165) is 70.6 Å². The average Bonchev–Trinajstić information content (AvgIpc) is 3.20. The van der Waals surface area contributed by atoms with Crippen LogP contribution >= 0.6 is 0 Å². The Morgan fingerprint density at radius 3 is 1.47 bits per heavy atom. The summed E-state index contributed by atoms with van der Waals surface area (Å²) in [7, 11) is 0. The number of amides is 1. The summed E-state index contributed by atoms with van der Waals surface area (Å²) < 4.78 is 5.81. The highest BCUT2D eigenvalue weighted by molar-refractivity contribution is 5.78. The molecular weight excluding hydrogens is 707 g/mol. The number of aliphatic hydroxyl groups excluding tert-OH is 2. The molecule has 0 fully saturated rings. The summed E-state index contributed by atoms with van der Waals surface area (Å²) in [4.78, 5) is 26.0. The van der Waals surface area contributed by atoms with Crippen LogP contribution in [0.25, 0.3) is 0 Å². The van der Waals surface area contributed by atoms with Crippen molar-refractivity contribution >= 4 is 11.9 Å². The summed E-state index contributed by atoms with van der Waals surface area (Å²) in [6.45, 7) is 6.33. The fourth-order valence-corrected chi connectivity index (χ4v) is 7.20. The summed E-state index contributed by atoms with van der Waals surface area (Å²) >= 11 is 0. The summed E-state index contributed by atoms with van der Waals surface area (Å²) in [6, 6.07) is -0.732. The first-order chi connectivity index (χ1) is 28.0. The molecule has 0 spiro atoms. The highest BCUT2D eigenvalue weighted by Gasteiger charge is 2.23. The van der Waals surface area contributed by atoms with Crippen molar-refractivity contribution in [2.45, 2.75) is 257 Å². The molecule has 332 valence electrons. The van der Waals surface area contributed by atoms with Gasteiger partial charge in [0, 0.05) is 6.42 Å². The van der Waals surface area contributed by atoms with E-state index in [9.17, 15) is 19.8 Å². The van der Waals surface area contributed by atoms with Gasteiger partial charge in [-0.2, -0.15) is 0 Å². The molecule has 0 radical (unpaired) electrons. The quantitative estimate of drug-likeness (QED) is 0.0324. The van der Waals surface area contributed by atoms with E-state index in [0.29, 0.717) is 12.8 Å². The molecule has 0 saturated carbocycles. The number of carbonyl (C=O) groups is 2. The lowest BCUT2D eigenvalue weighted by molar-refractivity contribution is -0.148. The zero-order valence-corrected chi connectivity index (χ0v) is 37.7. The first-order valence-corrected chi connectivity index (χ1v) is 24.4. The van der Waals surface area contributed by atoms with Gasteiger partial charge in [0.05, 0.1) is 25.2 Å². The molecule has 0 aliphatic carbocycles. The van der Waals surface area contributed by atoms with Gasteiger partial charge in [-0.3, -0.25) is 9.59 Å². The van der Waals surface area contributed by atoms with Crippen LogP contribution in [-0.4, -0.2) is 46.9 Å². The minimum Gasteiger partial charge on any atom is -0.458 e. The van der Waals surface area contributed by atoms with E-state index >= 15 is 0 Å². The van der Waals surface area contributed by atoms with Gasteiger partial charge >= 0.3 is 5.97 Å². The molecule has 6 heteroatoms. The van der Waals surface area contributed by atoms with Crippen molar-refractivity contribution in [2.75, 3.05) is 6.61 Å². The minimum atomic E-state index is -0.810. The number of nitrogens with one attached hydrogen (secondary N) is 1. The van der Waals surface area contributed by atoms with Crippen LogP contribution in [0.4, 0.5) is 0 Å². The van der Waals surface area contributed by atoms with E-state index in [1.54, 1.807) is 0 Å². The van der Waals surface area contributed by atoms with Gasteiger partial charge in [0.25, 0.3) is 0 Å². The lowest BCUT2D eigenvalue weighted by Gasteiger charge is -2.23. The second-order valence-electron chi connectivity index (χ2n) is 16.5.